The second-order valence-electron chi connectivity index (χ2n) is 6.64. The van der Waals surface area contributed by atoms with E-state index in [4.69, 9.17) is 0 Å². The van der Waals surface area contributed by atoms with E-state index in [1.807, 2.05) is 27.6 Å². The summed E-state index contributed by atoms with van der Waals surface area (Å²) in [5.41, 5.74) is 5.01. The third-order valence-electron chi connectivity index (χ3n) is 5.04. The Morgan fingerprint density at radius 3 is 2.92 bits per heavy atom. The smallest absolute Gasteiger partial charge is 0.272 e. The van der Waals surface area contributed by atoms with Crippen molar-refractivity contribution < 1.29 is 4.79 Å². The zero-order valence-corrected chi connectivity index (χ0v) is 15.2. The summed E-state index contributed by atoms with van der Waals surface area (Å²) in [4.78, 5) is 17.1. The van der Waals surface area contributed by atoms with Crippen LogP contribution in [0.25, 0.3) is 5.69 Å². The largest absolute Gasteiger partial charge is 0.343 e. The average molecular weight is 349 g/mol. The molecule has 1 aliphatic rings. The molecule has 26 heavy (non-hydrogen) atoms. The number of hydrogen-bond acceptors (Lipinski definition) is 3. The van der Waals surface area contributed by atoms with Crippen molar-refractivity contribution in [3.63, 3.8) is 0 Å². The molecule has 0 saturated heterocycles. The maximum atomic E-state index is 12.8. The van der Waals surface area contributed by atoms with Crippen molar-refractivity contribution in [2.75, 3.05) is 0 Å². The first kappa shape index (κ1) is 16.6. The van der Waals surface area contributed by atoms with Gasteiger partial charge >= 0.3 is 0 Å². The second-order valence-corrected chi connectivity index (χ2v) is 6.64. The highest BCUT2D eigenvalue weighted by molar-refractivity contribution is 5.94. The number of nitrogens with one attached hydrogen (secondary N) is 1. The lowest BCUT2D eigenvalue weighted by Gasteiger charge is -2.08. The standard InChI is InChI=1S/C20H23N5O/c1-3-24-12-11-21-18(24)13-22-20(26)19-15-8-6-10-17(15)25(23-19)16-9-5-4-7-14(16)2/h4-5,7,9,11-12H,3,6,8,10,13H2,1-2H3,(H,22,26). The Kier molecular flexibility index (Phi) is 4.32. The minimum atomic E-state index is -0.124. The van der Waals surface area contributed by atoms with E-state index >= 15 is 0 Å². The van der Waals surface area contributed by atoms with E-state index in [0.29, 0.717) is 12.2 Å². The molecule has 2 heterocycles. The highest BCUT2D eigenvalue weighted by Crippen LogP contribution is 2.28. The van der Waals surface area contributed by atoms with Crippen LogP contribution < -0.4 is 5.32 Å². The lowest BCUT2D eigenvalue weighted by molar-refractivity contribution is 0.0943. The number of fused-ring (bicyclic) bond motifs is 1. The SMILES string of the molecule is CCn1ccnc1CNC(=O)c1nn(-c2ccccc2C)c2c1CCC2. The van der Waals surface area contributed by atoms with Crippen LogP contribution in [0, 0.1) is 6.92 Å². The lowest BCUT2D eigenvalue weighted by Crippen LogP contribution is -2.26. The van der Waals surface area contributed by atoms with E-state index < -0.39 is 0 Å². The van der Waals surface area contributed by atoms with Gasteiger partial charge < -0.3 is 9.88 Å². The zero-order chi connectivity index (χ0) is 18.1. The first-order valence-corrected chi connectivity index (χ1v) is 9.14. The molecule has 0 spiro atoms. The van der Waals surface area contributed by atoms with Gasteiger partial charge in [-0.25, -0.2) is 9.67 Å². The summed E-state index contributed by atoms with van der Waals surface area (Å²) in [6.45, 7) is 5.38. The molecule has 1 N–H and O–H groups in total. The van der Waals surface area contributed by atoms with Crippen LogP contribution in [0.2, 0.25) is 0 Å². The van der Waals surface area contributed by atoms with Gasteiger partial charge in [-0.15, -0.1) is 0 Å². The molecule has 0 unspecified atom stereocenters. The Balaban J connectivity index is 1.62. The predicted molar refractivity (Wildman–Crippen MR) is 99.4 cm³/mol. The van der Waals surface area contributed by atoms with Gasteiger partial charge in [0.05, 0.1) is 12.2 Å². The Morgan fingerprint density at radius 1 is 1.27 bits per heavy atom. The normalized spacial score (nSPS) is 13.0. The third kappa shape index (κ3) is 2.81. The summed E-state index contributed by atoms with van der Waals surface area (Å²) in [6.07, 6.45) is 6.62. The van der Waals surface area contributed by atoms with Gasteiger partial charge in [-0.05, 0) is 44.7 Å². The molecule has 134 valence electrons. The molecule has 0 aliphatic heterocycles. The number of amides is 1. The number of carbonyl (C=O) groups is 1. The van der Waals surface area contributed by atoms with E-state index in [0.717, 1.165) is 48.4 Å². The van der Waals surface area contributed by atoms with Crippen LogP contribution in [0.5, 0.6) is 0 Å². The minimum Gasteiger partial charge on any atom is -0.343 e. The summed E-state index contributed by atoms with van der Waals surface area (Å²) in [5, 5.41) is 7.67. The molecule has 0 fully saturated rings. The molecule has 6 heteroatoms. The van der Waals surface area contributed by atoms with Gasteiger partial charge in [-0.2, -0.15) is 5.10 Å². The predicted octanol–water partition coefficient (Wildman–Crippen LogP) is 2.82. The van der Waals surface area contributed by atoms with Crippen molar-refractivity contribution in [1.82, 2.24) is 24.6 Å². The maximum absolute atomic E-state index is 12.8. The molecule has 2 aromatic heterocycles. The van der Waals surface area contributed by atoms with Crippen molar-refractivity contribution in [3.05, 3.63) is 65.0 Å². The molecule has 1 amide bonds. The van der Waals surface area contributed by atoms with Crippen molar-refractivity contribution in [2.24, 2.45) is 0 Å². The van der Waals surface area contributed by atoms with Crippen molar-refractivity contribution >= 4 is 5.91 Å². The number of imidazole rings is 1. The summed E-state index contributed by atoms with van der Waals surface area (Å²) >= 11 is 0. The van der Waals surface area contributed by atoms with Gasteiger partial charge in [0.15, 0.2) is 5.69 Å². The van der Waals surface area contributed by atoms with Gasteiger partial charge in [-0.3, -0.25) is 4.79 Å². The van der Waals surface area contributed by atoms with Crippen LogP contribution >= 0.6 is 0 Å². The van der Waals surface area contributed by atoms with Crippen LogP contribution in [0.3, 0.4) is 0 Å². The van der Waals surface area contributed by atoms with E-state index in [1.165, 1.54) is 5.69 Å². The van der Waals surface area contributed by atoms with E-state index in [2.05, 4.69) is 41.4 Å². The van der Waals surface area contributed by atoms with Gasteiger partial charge in [0.2, 0.25) is 0 Å². The molecule has 0 bridgehead atoms. The quantitative estimate of drug-likeness (QED) is 0.770. The fraction of sp³-hybridized carbons (Fsp3) is 0.350. The number of aromatic nitrogens is 4. The Hall–Kier alpha value is -2.89. The number of hydrogen-bond donors (Lipinski definition) is 1. The molecule has 6 nitrogen and oxygen atoms in total. The molecule has 4 rings (SSSR count). The molecule has 3 aromatic rings. The number of aryl methyl sites for hydroxylation is 2. The number of benzene rings is 1. The highest BCUT2D eigenvalue weighted by Gasteiger charge is 2.27. The summed E-state index contributed by atoms with van der Waals surface area (Å²) in [7, 11) is 0. The first-order chi connectivity index (χ1) is 12.7. The Morgan fingerprint density at radius 2 is 2.12 bits per heavy atom. The number of carbonyl (C=O) groups excluding carboxylic acids is 1. The Labute approximate surface area is 152 Å². The van der Waals surface area contributed by atoms with Crippen LogP contribution in [-0.2, 0) is 25.9 Å². The molecule has 1 aliphatic carbocycles. The topological polar surface area (TPSA) is 64.7 Å². The van der Waals surface area contributed by atoms with Gasteiger partial charge in [0.1, 0.15) is 5.82 Å². The second kappa shape index (κ2) is 6.78. The zero-order valence-electron chi connectivity index (χ0n) is 15.2. The van der Waals surface area contributed by atoms with Crippen molar-refractivity contribution in [1.29, 1.82) is 0 Å². The van der Waals surface area contributed by atoms with Crippen LogP contribution in [0.15, 0.2) is 36.7 Å². The molecule has 0 radical (unpaired) electrons. The van der Waals surface area contributed by atoms with E-state index in [-0.39, 0.29) is 5.91 Å². The van der Waals surface area contributed by atoms with E-state index in [9.17, 15) is 4.79 Å². The van der Waals surface area contributed by atoms with Gasteiger partial charge in [0.25, 0.3) is 5.91 Å². The average Bonchev–Trinajstić information content (AvgIpc) is 3.36. The number of para-hydroxylation sites is 1. The fourth-order valence-corrected chi connectivity index (χ4v) is 3.66. The van der Waals surface area contributed by atoms with Crippen LogP contribution in [0.4, 0.5) is 0 Å². The highest BCUT2D eigenvalue weighted by atomic mass is 16.2. The van der Waals surface area contributed by atoms with E-state index in [1.54, 1.807) is 6.20 Å². The van der Waals surface area contributed by atoms with Crippen molar-refractivity contribution in [2.45, 2.75) is 46.2 Å². The number of nitrogens with zero attached hydrogens (tertiary/aromatic N) is 4. The summed E-state index contributed by atoms with van der Waals surface area (Å²) < 4.78 is 3.98. The summed E-state index contributed by atoms with van der Waals surface area (Å²) in [5.74, 6) is 0.733. The first-order valence-electron chi connectivity index (χ1n) is 9.14. The Bertz CT molecular complexity index is 953. The fourth-order valence-electron chi connectivity index (χ4n) is 3.66. The van der Waals surface area contributed by atoms with Crippen molar-refractivity contribution in [3.8, 4) is 5.69 Å². The van der Waals surface area contributed by atoms with Gasteiger partial charge in [-0.1, -0.05) is 18.2 Å². The summed E-state index contributed by atoms with van der Waals surface area (Å²) in [6, 6.07) is 8.16. The molecule has 0 atom stereocenters. The molecular formula is C20H23N5O. The van der Waals surface area contributed by atoms with Gasteiger partial charge in [0, 0.05) is 30.2 Å². The molecular weight excluding hydrogens is 326 g/mol. The van der Waals surface area contributed by atoms with Crippen LogP contribution in [-0.4, -0.2) is 25.2 Å². The number of rotatable bonds is 5. The van der Waals surface area contributed by atoms with Crippen LogP contribution in [0.1, 0.15) is 46.5 Å². The maximum Gasteiger partial charge on any atom is 0.272 e. The molecule has 1 aromatic carbocycles. The lowest BCUT2D eigenvalue weighted by atomic mass is 10.2. The monoisotopic (exact) mass is 349 g/mol. The third-order valence-corrected chi connectivity index (χ3v) is 5.04. The molecule has 0 saturated carbocycles. The minimum absolute atomic E-state index is 0.124.